The van der Waals surface area contributed by atoms with Crippen molar-refractivity contribution in [1.82, 2.24) is 10.2 Å². The van der Waals surface area contributed by atoms with Crippen LogP contribution >= 0.6 is 23.1 Å². The van der Waals surface area contributed by atoms with Crippen LogP contribution in [-0.2, 0) is 0 Å². The zero-order valence-electron chi connectivity index (χ0n) is 11.9. The van der Waals surface area contributed by atoms with E-state index in [1.54, 1.807) is 23.9 Å². The maximum Gasteiger partial charge on any atom is 0.269 e. The standard InChI is InChI=1S/C13H16N4O2S2/c1-8(2)14-12-15-16-13(21-12)20-9(3)10-5-4-6-11(7-10)17(18)19/h4-9H,1-3H3,(H,14,15)/t9-/m0/s1. The molecule has 0 saturated carbocycles. The first-order valence-corrected chi connectivity index (χ1v) is 8.16. The van der Waals surface area contributed by atoms with E-state index in [1.807, 2.05) is 26.8 Å². The van der Waals surface area contributed by atoms with Gasteiger partial charge in [-0.3, -0.25) is 10.1 Å². The Balaban J connectivity index is 2.07. The molecule has 0 aliphatic rings. The Bertz CT molecular complexity index is 630. The lowest BCUT2D eigenvalue weighted by atomic mass is 10.1. The van der Waals surface area contributed by atoms with Gasteiger partial charge < -0.3 is 5.32 Å². The average Bonchev–Trinajstić information content (AvgIpc) is 2.85. The van der Waals surface area contributed by atoms with E-state index >= 15 is 0 Å². The maximum absolute atomic E-state index is 10.8. The zero-order chi connectivity index (χ0) is 15.4. The molecule has 1 heterocycles. The molecule has 21 heavy (non-hydrogen) atoms. The second-order valence-corrected chi connectivity index (χ2v) is 7.35. The number of benzene rings is 1. The van der Waals surface area contributed by atoms with Crippen LogP contribution in [-0.4, -0.2) is 21.2 Å². The molecule has 1 N–H and O–H groups in total. The Morgan fingerprint density at radius 2 is 2.10 bits per heavy atom. The van der Waals surface area contributed by atoms with E-state index in [0.717, 1.165) is 15.0 Å². The van der Waals surface area contributed by atoms with Crippen LogP contribution in [0.25, 0.3) is 0 Å². The van der Waals surface area contributed by atoms with Crippen molar-refractivity contribution in [3.05, 3.63) is 39.9 Å². The van der Waals surface area contributed by atoms with Crippen LogP contribution in [0.4, 0.5) is 10.8 Å². The van der Waals surface area contributed by atoms with Crippen molar-refractivity contribution >= 4 is 33.9 Å². The smallest absolute Gasteiger partial charge is 0.269 e. The van der Waals surface area contributed by atoms with Gasteiger partial charge in [0.15, 0.2) is 4.34 Å². The molecule has 0 fully saturated rings. The Hall–Kier alpha value is -1.67. The number of non-ortho nitro benzene ring substituents is 1. The number of nitrogens with zero attached hydrogens (tertiary/aromatic N) is 3. The lowest BCUT2D eigenvalue weighted by molar-refractivity contribution is -0.384. The highest BCUT2D eigenvalue weighted by atomic mass is 32.2. The van der Waals surface area contributed by atoms with Crippen molar-refractivity contribution in [2.75, 3.05) is 5.32 Å². The number of nitrogens with one attached hydrogen (secondary N) is 1. The minimum absolute atomic E-state index is 0.0738. The summed E-state index contributed by atoms with van der Waals surface area (Å²) >= 11 is 3.04. The molecule has 0 radical (unpaired) electrons. The number of nitro benzene ring substituents is 1. The number of hydrogen-bond donors (Lipinski definition) is 1. The molecular weight excluding hydrogens is 308 g/mol. The van der Waals surface area contributed by atoms with Gasteiger partial charge in [0.1, 0.15) is 0 Å². The molecule has 0 spiro atoms. The SMILES string of the molecule is CC(C)Nc1nnc(S[C@@H](C)c2cccc([N+](=O)[O-])c2)s1. The van der Waals surface area contributed by atoms with Crippen LogP contribution in [0.5, 0.6) is 0 Å². The van der Waals surface area contributed by atoms with Crippen LogP contribution in [0.1, 0.15) is 31.6 Å². The minimum atomic E-state index is -0.378. The highest BCUT2D eigenvalue weighted by Crippen LogP contribution is 2.38. The second-order valence-electron chi connectivity index (χ2n) is 4.78. The van der Waals surface area contributed by atoms with Crippen molar-refractivity contribution in [3.8, 4) is 0 Å². The van der Waals surface area contributed by atoms with Crippen molar-refractivity contribution in [1.29, 1.82) is 0 Å². The first-order valence-electron chi connectivity index (χ1n) is 6.46. The number of hydrogen-bond acceptors (Lipinski definition) is 7. The third kappa shape index (κ3) is 4.40. The molecule has 1 atom stereocenters. The lowest BCUT2D eigenvalue weighted by Crippen LogP contribution is -2.08. The predicted octanol–water partition coefficient (Wildman–Crippen LogP) is 4.12. The number of rotatable bonds is 6. The van der Waals surface area contributed by atoms with Gasteiger partial charge in [0.25, 0.3) is 5.69 Å². The molecule has 2 aromatic rings. The number of nitro groups is 1. The quantitative estimate of drug-likeness (QED) is 0.489. The summed E-state index contributed by atoms with van der Waals surface area (Å²) in [6.45, 7) is 6.08. The van der Waals surface area contributed by atoms with Crippen molar-refractivity contribution in [2.24, 2.45) is 0 Å². The van der Waals surface area contributed by atoms with E-state index in [0.29, 0.717) is 6.04 Å². The molecule has 8 heteroatoms. The molecule has 0 unspecified atom stereocenters. The Kier molecular flexibility index (Phi) is 5.13. The Morgan fingerprint density at radius 1 is 1.33 bits per heavy atom. The van der Waals surface area contributed by atoms with E-state index in [-0.39, 0.29) is 15.9 Å². The molecule has 6 nitrogen and oxygen atoms in total. The van der Waals surface area contributed by atoms with Crippen LogP contribution in [0.3, 0.4) is 0 Å². The van der Waals surface area contributed by atoms with Crippen molar-refractivity contribution < 1.29 is 4.92 Å². The number of anilines is 1. The molecule has 0 aliphatic carbocycles. The predicted molar refractivity (Wildman–Crippen MR) is 86.0 cm³/mol. The summed E-state index contributed by atoms with van der Waals surface area (Å²) in [5.74, 6) is 0. The monoisotopic (exact) mass is 324 g/mol. The van der Waals surface area contributed by atoms with E-state index in [2.05, 4.69) is 15.5 Å². The summed E-state index contributed by atoms with van der Waals surface area (Å²) < 4.78 is 0.845. The van der Waals surface area contributed by atoms with Crippen LogP contribution in [0.15, 0.2) is 28.6 Å². The summed E-state index contributed by atoms with van der Waals surface area (Å²) in [5, 5.41) is 23.1. The van der Waals surface area contributed by atoms with Gasteiger partial charge in [-0.2, -0.15) is 0 Å². The number of aromatic nitrogens is 2. The van der Waals surface area contributed by atoms with Gasteiger partial charge in [-0.15, -0.1) is 10.2 Å². The summed E-state index contributed by atoms with van der Waals surface area (Å²) in [4.78, 5) is 10.4. The fraction of sp³-hybridized carbons (Fsp3) is 0.385. The van der Waals surface area contributed by atoms with E-state index in [4.69, 9.17) is 0 Å². The van der Waals surface area contributed by atoms with Gasteiger partial charge in [0, 0.05) is 23.4 Å². The van der Waals surface area contributed by atoms with Gasteiger partial charge in [0.2, 0.25) is 5.13 Å². The summed E-state index contributed by atoms with van der Waals surface area (Å²) in [6.07, 6.45) is 0. The van der Waals surface area contributed by atoms with Gasteiger partial charge >= 0.3 is 0 Å². The topological polar surface area (TPSA) is 81.0 Å². The minimum Gasteiger partial charge on any atom is -0.358 e. The molecule has 0 saturated heterocycles. The third-order valence-corrected chi connectivity index (χ3v) is 4.74. The van der Waals surface area contributed by atoms with Crippen molar-refractivity contribution in [2.45, 2.75) is 36.4 Å². The van der Waals surface area contributed by atoms with Crippen LogP contribution in [0, 0.1) is 10.1 Å². The summed E-state index contributed by atoms with van der Waals surface area (Å²) in [5.41, 5.74) is 1.02. The Morgan fingerprint density at radius 3 is 2.76 bits per heavy atom. The zero-order valence-corrected chi connectivity index (χ0v) is 13.6. The van der Waals surface area contributed by atoms with E-state index < -0.39 is 0 Å². The summed E-state index contributed by atoms with van der Waals surface area (Å²) in [6, 6.07) is 7.00. The Labute approximate surface area is 131 Å². The molecule has 1 aromatic carbocycles. The van der Waals surface area contributed by atoms with Crippen LogP contribution < -0.4 is 5.32 Å². The largest absolute Gasteiger partial charge is 0.358 e. The second kappa shape index (κ2) is 6.86. The molecule has 0 aliphatic heterocycles. The summed E-state index contributed by atoms with van der Waals surface area (Å²) in [7, 11) is 0. The molecule has 112 valence electrons. The fourth-order valence-electron chi connectivity index (χ4n) is 1.67. The highest BCUT2D eigenvalue weighted by molar-refractivity contribution is 8.01. The van der Waals surface area contributed by atoms with Crippen molar-refractivity contribution in [3.63, 3.8) is 0 Å². The number of thioether (sulfide) groups is 1. The normalized spacial score (nSPS) is 12.4. The molecule has 1 aromatic heterocycles. The lowest BCUT2D eigenvalue weighted by Gasteiger charge is -2.08. The van der Waals surface area contributed by atoms with Gasteiger partial charge in [-0.25, -0.2) is 0 Å². The molecule has 0 bridgehead atoms. The van der Waals surface area contributed by atoms with Crippen LogP contribution in [0.2, 0.25) is 0 Å². The van der Waals surface area contributed by atoms with E-state index in [9.17, 15) is 10.1 Å². The molecule has 2 rings (SSSR count). The maximum atomic E-state index is 10.8. The van der Waals surface area contributed by atoms with Gasteiger partial charge in [0.05, 0.1) is 4.92 Å². The third-order valence-electron chi connectivity index (χ3n) is 2.65. The van der Waals surface area contributed by atoms with Gasteiger partial charge in [-0.05, 0) is 26.3 Å². The first-order chi connectivity index (χ1) is 9.95. The average molecular weight is 324 g/mol. The van der Waals surface area contributed by atoms with E-state index in [1.165, 1.54) is 17.4 Å². The highest BCUT2D eigenvalue weighted by Gasteiger charge is 2.15. The molecular formula is C13H16N4O2S2. The fourth-order valence-corrected chi connectivity index (χ4v) is 3.83. The molecule has 0 amide bonds. The van der Waals surface area contributed by atoms with Gasteiger partial charge in [-0.1, -0.05) is 35.2 Å². The first kappa shape index (κ1) is 15.7.